The molecule has 0 spiro atoms. The van der Waals surface area contributed by atoms with Crippen LogP contribution < -0.4 is 10.6 Å². The van der Waals surface area contributed by atoms with Crippen molar-refractivity contribution in [3.63, 3.8) is 0 Å². The van der Waals surface area contributed by atoms with E-state index in [1.807, 2.05) is 0 Å². The van der Waals surface area contributed by atoms with Crippen LogP contribution in [0.2, 0.25) is 0 Å². The minimum atomic E-state index is -1.23. The lowest BCUT2D eigenvalue weighted by molar-refractivity contribution is -0.114. The van der Waals surface area contributed by atoms with E-state index in [1.165, 1.54) is 19.1 Å². The molecule has 122 valence electrons. The van der Waals surface area contributed by atoms with Crippen LogP contribution in [0.25, 0.3) is 11.1 Å². The van der Waals surface area contributed by atoms with Crippen molar-refractivity contribution in [2.24, 2.45) is 0 Å². The van der Waals surface area contributed by atoms with E-state index in [9.17, 15) is 14.4 Å². The highest BCUT2D eigenvalue weighted by atomic mass is 16.4. The van der Waals surface area contributed by atoms with Crippen LogP contribution >= 0.6 is 0 Å². The smallest absolute Gasteiger partial charge is 0.371 e. The van der Waals surface area contributed by atoms with E-state index in [0.717, 1.165) is 0 Å². The average molecular weight is 328 g/mol. The Balaban J connectivity index is 1.90. The number of hydrogen-bond acceptors (Lipinski definition) is 5. The van der Waals surface area contributed by atoms with Crippen LogP contribution in [0.4, 0.5) is 11.5 Å². The second-order valence-electron chi connectivity index (χ2n) is 4.91. The zero-order valence-corrected chi connectivity index (χ0v) is 12.4. The number of nitrogens with one attached hydrogen (secondary N) is 3. The summed E-state index contributed by atoms with van der Waals surface area (Å²) in [7, 11) is 0. The number of aromatic carboxylic acids is 1. The van der Waals surface area contributed by atoms with E-state index in [2.05, 4.69) is 20.8 Å². The van der Waals surface area contributed by atoms with Gasteiger partial charge in [-0.2, -0.15) is 5.10 Å². The predicted molar refractivity (Wildman–Crippen MR) is 84.0 cm³/mol. The molecule has 0 unspecified atom stereocenters. The third-order valence-electron chi connectivity index (χ3n) is 3.16. The maximum Gasteiger partial charge on any atom is 0.371 e. The molecule has 0 aliphatic rings. The summed E-state index contributed by atoms with van der Waals surface area (Å²) in [4.78, 5) is 34.6. The normalized spacial score (nSPS) is 10.5. The number of amides is 2. The van der Waals surface area contributed by atoms with Crippen molar-refractivity contribution in [2.45, 2.75) is 6.92 Å². The van der Waals surface area contributed by atoms with Gasteiger partial charge in [-0.1, -0.05) is 12.1 Å². The van der Waals surface area contributed by atoms with Gasteiger partial charge in [-0.3, -0.25) is 14.7 Å². The lowest BCUT2D eigenvalue weighted by atomic mass is 10.1. The van der Waals surface area contributed by atoms with Gasteiger partial charge in [0.25, 0.3) is 5.91 Å². The number of carbonyl (C=O) groups is 3. The number of aromatic nitrogens is 2. The number of H-pyrrole nitrogens is 1. The third kappa shape index (κ3) is 2.82. The minimum absolute atomic E-state index is 0.0557. The molecule has 0 aliphatic heterocycles. The van der Waals surface area contributed by atoms with Crippen LogP contribution in [0.1, 0.15) is 27.8 Å². The number of benzene rings is 1. The minimum Gasteiger partial charge on any atom is -0.475 e. The molecule has 24 heavy (non-hydrogen) atoms. The fourth-order valence-electron chi connectivity index (χ4n) is 2.16. The largest absolute Gasteiger partial charge is 0.475 e. The number of anilines is 2. The van der Waals surface area contributed by atoms with Crippen molar-refractivity contribution < 1.29 is 23.9 Å². The van der Waals surface area contributed by atoms with Gasteiger partial charge in [0.1, 0.15) is 5.52 Å². The van der Waals surface area contributed by atoms with Gasteiger partial charge in [0.2, 0.25) is 11.7 Å². The molecule has 3 rings (SSSR count). The molecule has 9 heteroatoms. The lowest BCUT2D eigenvalue weighted by Gasteiger charge is -2.08. The highest BCUT2D eigenvalue weighted by Gasteiger charge is 2.19. The molecule has 2 amide bonds. The molecule has 2 aromatic heterocycles. The first kappa shape index (κ1) is 15.3. The summed E-state index contributed by atoms with van der Waals surface area (Å²) in [5, 5.41) is 20.5. The first-order valence-corrected chi connectivity index (χ1v) is 6.85. The van der Waals surface area contributed by atoms with Gasteiger partial charge in [-0.25, -0.2) is 4.79 Å². The maximum absolute atomic E-state index is 12.4. The number of fused-ring (bicyclic) bond motifs is 1. The molecule has 1 aromatic carbocycles. The number of nitrogens with zero attached hydrogens (tertiary/aromatic N) is 1. The molecule has 9 nitrogen and oxygen atoms in total. The first-order chi connectivity index (χ1) is 11.5. The number of carboxylic acids is 1. The topological polar surface area (TPSA) is 137 Å². The molecular weight excluding hydrogens is 316 g/mol. The van der Waals surface area contributed by atoms with Crippen molar-refractivity contribution in [3.8, 4) is 0 Å². The van der Waals surface area contributed by atoms with Crippen molar-refractivity contribution in [2.75, 3.05) is 10.6 Å². The van der Waals surface area contributed by atoms with E-state index in [4.69, 9.17) is 9.52 Å². The van der Waals surface area contributed by atoms with Crippen LogP contribution in [0.3, 0.4) is 0 Å². The van der Waals surface area contributed by atoms with Gasteiger partial charge in [-0.15, -0.1) is 0 Å². The van der Waals surface area contributed by atoms with E-state index < -0.39 is 11.9 Å². The summed E-state index contributed by atoms with van der Waals surface area (Å²) < 4.78 is 5.15. The maximum atomic E-state index is 12.4. The van der Waals surface area contributed by atoms with Gasteiger partial charge < -0.3 is 20.2 Å². The molecule has 3 aromatic rings. The highest BCUT2D eigenvalue weighted by Crippen LogP contribution is 2.25. The number of rotatable bonds is 4. The fourth-order valence-corrected chi connectivity index (χ4v) is 2.16. The van der Waals surface area contributed by atoms with Gasteiger partial charge in [0.05, 0.1) is 11.3 Å². The Bertz CT molecular complexity index is 956. The number of aromatic amines is 1. The summed E-state index contributed by atoms with van der Waals surface area (Å²) in [6.07, 6.45) is 0. The van der Waals surface area contributed by atoms with Crippen LogP contribution in [0, 0.1) is 0 Å². The van der Waals surface area contributed by atoms with E-state index in [1.54, 1.807) is 18.2 Å². The summed E-state index contributed by atoms with van der Waals surface area (Å²) in [6, 6.07) is 7.73. The number of carbonyl (C=O) groups excluding carboxylic acids is 2. The molecule has 0 saturated carbocycles. The fraction of sp³-hybridized carbons (Fsp3) is 0.0667. The van der Waals surface area contributed by atoms with Gasteiger partial charge in [0.15, 0.2) is 11.4 Å². The molecule has 0 atom stereocenters. The standard InChI is InChI=1S/C15H12N4O5/c1-7(20)16-9-5-3-2-4-8(9)14(21)17-13-12-10(18-19-13)6-11(24-12)15(22)23/h2-6H,1H3,(H,16,20)(H,22,23)(H2,17,18,19,21). The Morgan fingerprint density at radius 3 is 2.67 bits per heavy atom. The van der Waals surface area contributed by atoms with E-state index >= 15 is 0 Å². The van der Waals surface area contributed by atoms with Gasteiger partial charge in [-0.05, 0) is 12.1 Å². The molecule has 0 radical (unpaired) electrons. The van der Waals surface area contributed by atoms with Crippen LogP contribution in [0.15, 0.2) is 34.7 Å². The zero-order chi connectivity index (χ0) is 17.3. The van der Waals surface area contributed by atoms with Crippen molar-refractivity contribution in [1.29, 1.82) is 0 Å². The van der Waals surface area contributed by atoms with Gasteiger partial charge in [0, 0.05) is 13.0 Å². The second kappa shape index (κ2) is 5.88. The summed E-state index contributed by atoms with van der Waals surface area (Å²) >= 11 is 0. The zero-order valence-electron chi connectivity index (χ0n) is 12.4. The number of carboxylic acid groups (broad SMARTS) is 1. The number of para-hydroxylation sites is 1. The summed E-state index contributed by atoms with van der Waals surface area (Å²) in [5.74, 6) is -2.28. The third-order valence-corrected chi connectivity index (χ3v) is 3.16. The SMILES string of the molecule is CC(=O)Nc1ccccc1C(=O)Nc1n[nH]c2cc(C(=O)O)oc12. The molecule has 0 saturated heterocycles. The molecule has 0 fully saturated rings. The Morgan fingerprint density at radius 2 is 1.96 bits per heavy atom. The molecule has 4 N–H and O–H groups in total. The Kier molecular flexibility index (Phi) is 3.74. The second-order valence-corrected chi connectivity index (χ2v) is 4.91. The van der Waals surface area contributed by atoms with E-state index in [0.29, 0.717) is 11.2 Å². The Labute approximate surface area is 134 Å². The van der Waals surface area contributed by atoms with Crippen LogP contribution in [0.5, 0.6) is 0 Å². The van der Waals surface area contributed by atoms with E-state index in [-0.39, 0.29) is 28.6 Å². The average Bonchev–Trinajstić information content (AvgIpc) is 3.09. The molecule has 2 heterocycles. The summed E-state index contributed by atoms with van der Waals surface area (Å²) in [5.41, 5.74) is 1.05. The lowest BCUT2D eigenvalue weighted by Crippen LogP contribution is -2.16. The molecule has 0 aliphatic carbocycles. The van der Waals surface area contributed by atoms with Crippen molar-refractivity contribution in [3.05, 3.63) is 41.7 Å². The Morgan fingerprint density at radius 1 is 1.21 bits per heavy atom. The quantitative estimate of drug-likeness (QED) is 0.578. The molecule has 0 bridgehead atoms. The number of hydrogen-bond donors (Lipinski definition) is 4. The van der Waals surface area contributed by atoms with Crippen molar-refractivity contribution in [1.82, 2.24) is 10.2 Å². The molecular formula is C15H12N4O5. The summed E-state index contributed by atoms with van der Waals surface area (Å²) in [6.45, 7) is 1.34. The monoisotopic (exact) mass is 328 g/mol. The van der Waals surface area contributed by atoms with Gasteiger partial charge >= 0.3 is 5.97 Å². The highest BCUT2D eigenvalue weighted by molar-refractivity contribution is 6.11. The number of furan rings is 1. The first-order valence-electron chi connectivity index (χ1n) is 6.85. The Hall–Kier alpha value is -3.62. The van der Waals surface area contributed by atoms with Crippen molar-refractivity contribution >= 4 is 40.4 Å². The van der Waals surface area contributed by atoms with Crippen LogP contribution in [-0.4, -0.2) is 33.1 Å². The predicted octanol–water partition coefficient (Wildman–Crippen LogP) is 2.06. The van der Waals surface area contributed by atoms with Crippen LogP contribution in [-0.2, 0) is 4.79 Å².